The molecule has 4 atom stereocenters. The third-order valence-electron chi connectivity index (χ3n) is 7.98. The van der Waals surface area contributed by atoms with Crippen LogP contribution in [-0.4, -0.2) is 72.7 Å². The van der Waals surface area contributed by atoms with Crippen LogP contribution in [0.3, 0.4) is 0 Å². The number of carbonyl (C=O) groups is 3. The van der Waals surface area contributed by atoms with Crippen molar-refractivity contribution < 1.29 is 23.5 Å². The zero-order chi connectivity index (χ0) is 29.5. The number of carbonyl (C=O) groups excluding carboxylic acids is 3. The second-order valence-electron chi connectivity index (χ2n) is 11.3. The Morgan fingerprint density at radius 1 is 1.05 bits per heavy atom. The summed E-state index contributed by atoms with van der Waals surface area (Å²) in [5, 5.41) is 8.79. The number of likely N-dealkylation sites (N-methyl/N-ethyl adjacent to an activating group) is 1. The zero-order valence-corrected chi connectivity index (χ0v) is 24.4. The Labute approximate surface area is 241 Å². The maximum atomic E-state index is 13.9. The highest BCUT2D eigenvalue weighted by Crippen LogP contribution is 2.29. The molecule has 2 aromatic rings. The summed E-state index contributed by atoms with van der Waals surface area (Å²) in [4.78, 5) is 43.4. The van der Waals surface area contributed by atoms with E-state index in [2.05, 4.69) is 26.9 Å². The molecule has 2 aromatic carbocycles. The van der Waals surface area contributed by atoms with Crippen LogP contribution in [0.15, 0.2) is 48.5 Å². The summed E-state index contributed by atoms with van der Waals surface area (Å²) in [5.41, 5.74) is 3.23. The Balaban J connectivity index is 1.51. The number of amides is 3. The fourth-order valence-corrected chi connectivity index (χ4v) is 5.45. The first-order chi connectivity index (χ1) is 19.7. The van der Waals surface area contributed by atoms with Crippen molar-refractivity contribution >= 4 is 17.9 Å². The van der Waals surface area contributed by atoms with Gasteiger partial charge in [-0.1, -0.05) is 50.2 Å². The first-order valence-corrected chi connectivity index (χ1v) is 14.5. The van der Waals surface area contributed by atoms with Gasteiger partial charge < -0.3 is 25.6 Å². The molecular weight excluding hydrogens is 525 g/mol. The summed E-state index contributed by atoms with van der Waals surface area (Å²) in [6.45, 7) is 7.12. The normalized spacial score (nSPS) is 20.6. The van der Waals surface area contributed by atoms with Crippen molar-refractivity contribution in [1.82, 2.24) is 25.8 Å². The minimum absolute atomic E-state index is 0.166. The van der Waals surface area contributed by atoms with E-state index in [1.807, 2.05) is 32.0 Å². The van der Waals surface area contributed by atoms with Crippen LogP contribution in [0.4, 0.5) is 9.18 Å². The molecule has 0 radical (unpaired) electrons. The molecule has 1 saturated heterocycles. The lowest BCUT2D eigenvalue weighted by molar-refractivity contribution is -0.153. The lowest BCUT2D eigenvalue weighted by Gasteiger charge is -2.42. The minimum Gasteiger partial charge on any atom is -0.424 e. The van der Waals surface area contributed by atoms with Crippen LogP contribution in [0.1, 0.15) is 56.3 Å². The summed E-state index contributed by atoms with van der Waals surface area (Å²) in [7, 11) is 1.68. The fourth-order valence-electron chi connectivity index (χ4n) is 5.45. The number of halogens is 1. The van der Waals surface area contributed by atoms with Gasteiger partial charge in [0.15, 0.2) is 6.23 Å². The number of hydrogen-bond acceptors (Lipinski definition) is 6. The second kappa shape index (κ2) is 13.9. The van der Waals surface area contributed by atoms with E-state index >= 15 is 0 Å². The monoisotopic (exact) mass is 567 g/mol. The van der Waals surface area contributed by atoms with Gasteiger partial charge in [0.25, 0.3) is 0 Å². The van der Waals surface area contributed by atoms with Gasteiger partial charge in [0, 0.05) is 19.6 Å². The van der Waals surface area contributed by atoms with E-state index in [1.54, 1.807) is 31.0 Å². The quantitative estimate of drug-likeness (QED) is 0.430. The van der Waals surface area contributed by atoms with Crippen molar-refractivity contribution in [3.05, 3.63) is 71.0 Å². The number of nitrogens with zero attached hydrogens (tertiary/aromatic N) is 2. The molecule has 1 unspecified atom stereocenters. The molecule has 3 amide bonds. The topological polar surface area (TPSA) is 103 Å². The van der Waals surface area contributed by atoms with E-state index < -0.39 is 24.4 Å². The van der Waals surface area contributed by atoms with E-state index in [9.17, 15) is 18.8 Å². The Bertz CT molecular complexity index is 1210. The van der Waals surface area contributed by atoms with Crippen LogP contribution in [0.5, 0.6) is 0 Å². The number of benzene rings is 2. The highest BCUT2D eigenvalue weighted by atomic mass is 19.1. The molecule has 1 aliphatic heterocycles. The van der Waals surface area contributed by atoms with Crippen LogP contribution in [0.25, 0.3) is 0 Å². The molecule has 2 aliphatic rings. The standard InChI is InChI=1S/C31H42FN5O4/c1-20(2)28(35-29(38)21(3)33-4)30(39)37-17-16-36(18-22-12-14-24(32)15-13-22)19-27(37)41-31(40)34-26-11-7-9-23-8-5-6-10-25(23)26/h5-6,8,10,12-15,20-21,26-28,33H,7,9,11,16-19H2,1-4H3,(H,34,40)(H,35,38)/t21-,26?,27-,28-/m0/s1. The third kappa shape index (κ3) is 7.83. The van der Waals surface area contributed by atoms with Crippen molar-refractivity contribution in [1.29, 1.82) is 0 Å². The maximum absolute atomic E-state index is 13.9. The van der Waals surface area contributed by atoms with E-state index in [1.165, 1.54) is 17.7 Å². The highest BCUT2D eigenvalue weighted by Gasteiger charge is 2.38. The van der Waals surface area contributed by atoms with E-state index in [4.69, 9.17) is 4.74 Å². The Hall–Kier alpha value is -3.50. The molecule has 0 spiro atoms. The van der Waals surface area contributed by atoms with Crippen molar-refractivity contribution in [2.45, 2.75) is 70.9 Å². The first-order valence-electron chi connectivity index (χ1n) is 14.5. The van der Waals surface area contributed by atoms with Crippen LogP contribution >= 0.6 is 0 Å². The van der Waals surface area contributed by atoms with Gasteiger partial charge in [0.1, 0.15) is 11.9 Å². The van der Waals surface area contributed by atoms with Crippen LogP contribution < -0.4 is 16.0 Å². The number of fused-ring (bicyclic) bond motifs is 1. The summed E-state index contributed by atoms with van der Waals surface area (Å²) >= 11 is 0. The molecule has 0 aromatic heterocycles. The van der Waals surface area contributed by atoms with Gasteiger partial charge in [0.05, 0.1) is 18.6 Å². The van der Waals surface area contributed by atoms with Crippen molar-refractivity contribution in [3.8, 4) is 0 Å². The van der Waals surface area contributed by atoms with Crippen LogP contribution in [0.2, 0.25) is 0 Å². The molecule has 1 fully saturated rings. The van der Waals surface area contributed by atoms with Crippen molar-refractivity contribution in [2.24, 2.45) is 5.92 Å². The fraction of sp³-hybridized carbons (Fsp3) is 0.516. The predicted molar refractivity (Wildman–Crippen MR) is 154 cm³/mol. The first kappa shape index (κ1) is 30.5. The minimum atomic E-state index is -0.865. The Morgan fingerprint density at radius 2 is 1.78 bits per heavy atom. The molecule has 0 bridgehead atoms. The molecule has 222 valence electrons. The number of ether oxygens (including phenoxy) is 1. The number of hydrogen-bond donors (Lipinski definition) is 3. The number of alkyl carbamates (subject to hydrolysis) is 1. The average molecular weight is 568 g/mol. The second-order valence-corrected chi connectivity index (χ2v) is 11.3. The van der Waals surface area contributed by atoms with Gasteiger partial charge in [-0.2, -0.15) is 0 Å². The average Bonchev–Trinajstić information content (AvgIpc) is 2.96. The molecule has 3 N–H and O–H groups in total. The lowest BCUT2D eigenvalue weighted by Crippen LogP contribution is -2.62. The van der Waals surface area contributed by atoms with Gasteiger partial charge in [-0.25, -0.2) is 9.18 Å². The molecular formula is C31H42FN5O4. The number of aryl methyl sites for hydroxylation is 1. The zero-order valence-electron chi connectivity index (χ0n) is 24.4. The van der Waals surface area contributed by atoms with E-state index in [0.29, 0.717) is 19.6 Å². The van der Waals surface area contributed by atoms with Crippen molar-refractivity contribution in [2.75, 3.05) is 26.7 Å². The molecule has 1 heterocycles. The van der Waals surface area contributed by atoms with Gasteiger partial charge in [-0.15, -0.1) is 0 Å². The van der Waals surface area contributed by atoms with E-state index in [-0.39, 0.29) is 36.1 Å². The number of piperazine rings is 1. The Kier molecular flexibility index (Phi) is 10.3. The van der Waals surface area contributed by atoms with Crippen LogP contribution in [0, 0.1) is 11.7 Å². The number of nitrogens with one attached hydrogen (secondary N) is 3. The van der Waals surface area contributed by atoms with Gasteiger partial charge in [0.2, 0.25) is 11.8 Å². The lowest BCUT2D eigenvalue weighted by atomic mass is 9.88. The van der Waals surface area contributed by atoms with Crippen molar-refractivity contribution in [3.63, 3.8) is 0 Å². The maximum Gasteiger partial charge on any atom is 0.409 e. The molecule has 1 aliphatic carbocycles. The van der Waals surface area contributed by atoms with Gasteiger partial charge in [-0.05, 0) is 68.0 Å². The van der Waals surface area contributed by atoms with E-state index in [0.717, 1.165) is 30.4 Å². The molecule has 41 heavy (non-hydrogen) atoms. The number of rotatable bonds is 9. The summed E-state index contributed by atoms with van der Waals surface area (Å²) in [6.07, 6.45) is 1.28. The summed E-state index contributed by atoms with van der Waals surface area (Å²) in [5.74, 6) is -1.05. The SMILES string of the molecule is CN[C@@H](C)C(=O)N[C@H](C(=O)N1CCN(Cc2ccc(F)cc2)C[C@@H]1OC(=O)NC1CCCc2ccccc21)C(C)C. The summed E-state index contributed by atoms with van der Waals surface area (Å²) in [6, 6.07) is 13.0. The predicted octanol–water partition coefficient (Wildman–Crippen LogP) is 3.35. The van der Waals surface area contributed by atoms with Gasteiger partial charge >= 0.3 is 6.09 Å². The third-order valence-corrected chi connectivity index (χ3v) is 7.98. The molecule has 9 nitrogen and oxygen atoms in total. The van der Waals surface area contributed by atoms with Gasteiger partial charge in [-0.3, -0.25) is 14.5 Å². The summed E-state index contributed by atoms with van der Waals surface area (Å²) < 4.78 is 19.4. The molecule has 0 saturated carbocycles. The smallest absolute Gasteiger partial charge is 0.409 e. The largest absolute Gasteiger partial charge is 0.424 e. The highest BCUT2D eigenvalue weighted by molar-refractivity contribution is 5.90. The molecule has 10 heteroatoms. The van der Waals surface area contributed by atoms with Crippen LogP contribution in [-0.2, 0) is 27.3 Å². The molecule has 4 rings (SSSR count). The Morgan fingerprint density at radius 3 is 2.49 bits per heavy atom.